The van der Waals surface area contributed by atoms with Crippen LogP contribution in [0.1, 0.15) is 31.0 Å². The van der Waals surface area contributed by atoms with Crippen molar-refractivity contribution in [1.82, 2.24) is 5.32 Å². The van der Waals surface area contributed by atoms with Gasteiger partial charge in [-0.15, -0.1) is 0 Å². The highest BCUT2D eigenvalue weighted by atomic mass is 79.9. The zero-order valence-corrected chi connectivity index (χ0v) is 11.0. The minimum atomic E-state index is -0.302. The van der Waals surface area contributed by atoms with Crippen molar-refractivity contribution in [3.05, 3.63) is 33.8 Å². The summed E-state index contributed by atoms with van der Waals surface area (Å²) < 4.78 is 1.13. The molecule has 0 bridgehead atoms. The van der Waals surface area contributed by atoms with Crippen LogP contribution in [0.4, 0.5) is 0 Å². The van der Waals surface area contributed by atoms with Crippen LogP contribution < -0.4 is 5.32 Å². The molecule has 2 nitrogen and oxygen atoms in total. The Balaban J connectivity index is 2.65. The molecule has 15 heavy (non-hydrogen) atoms. The molecule has 2 N–H and O–H groups in total. The second-order valence-corrected chi connectivity index (χ2v) is 4.84. The van der Waals surface area contributed by atoms with Crippen LogP contribution in [0.25, 0.3) is 0 Å². The lowest BCUT2D eigenvalue weighted by Gasteiger charge is -2.16. The molecule has 0 radical (unpaired) electrons. The van der Waals surface area contributed by atoms with Crippen molar-refractivity contribution in [3.8, 4) is 0 Å². The molecular formula is C12H18BrNO. The van der Waals surface area contributed by atoms with Crippen LogP contribution in [0.2, 0.25) is 0 Å². The molecule has 2 atom stereocenters. The minimum absolute atomic E-state index is 0.270. The third-order valence-electron chi connectivity index (χ3n) is 2.40. The van der Waals surface area contributed by atoms with Crippen molar-refractivity contribution >= 4 is 15.9 Å². The summed E-state index contributed by atoms with van der Waals surface area (Å²) in [7, 11) is 0. The van der Waals surface area contributed by atoms with E-state index in [1.54, 1.807) is 6.92 Å². The van der Waals surface area contributed by atoms with E-state index in [9.17, 15) is 5.11 Å². The van der Waals surface area contributed by atoms with Gasteiger partial charge in [0.05, 0.1) is 6.10 Å². The lowest BCUT2D eigenvalue weighted by atomic mass is 10.1. The summed E-state index contributed by atoms with van der Waals surface area (Å²) in [6, 6.07) is 6.58. The average molecular weight is 272 g/mol. The maximum Gasteiger partial charge on any atom is 0.0636 e. The summed E-state index contributed by atoms with van der Waals surface area (Å²) in [5, 5.41) is 12.5. The zero-order valence-electron chi connectivity index (χ0n) is 9.42. The van der Waals surface area contributed by atoms with Crippen molar-refractivity contribution in [2.45, 2.75) is 32.9 Å². The van der Waals surface area contributed by atoms with E-state index in [4.69, 9.17) is 0 Å². The van der Waals surface area contributed by atoms with Crippen LogP contribution in [0.5, 0.6) is 0 Å². The van der Waals surface area contributed by atoms with Gasteiger partial charge in [-0.3, -0.25) is 0 Å². The summed E-state index contributed by atoms with van der Waals surface area (Å²) in [4.78, 5) is 0. The number of nitrogens with one attached hydrogen (secondary N) is 1. The smallest absolute Gasteiger partial charge is 0.0636 e. The number of benzene rings is 1. The van der Waals surface area contributed by atoms with Crippen LogP contribution in [-0.4, -0.2) is 17.8 Å². The maximum absolute atomic E-state index is 9.18. The van der Waals surface area contributed by atoms with E-state index >= 15 is 0 Å². The van der Waals surface area contributed by atoms with Crippen LogP contribution >= 0.6 is 15.9 Å². The molecule has 1 rings (SSSR count). The monoisotopic (exact) mass is 271 g/mol. The number of hydrogen-bond acceptors (Lipinski definition) is 2. The number of aliphatic hydroxyl groups excluding tert-OH is 1. The van der Waals surface area contributed by atoms with Gasteiger partial charge < -0.3 is 10.4 Å². The second kappa shape index (κ2) is 5.64. The van der Waals surface area contributed by atoms with Gasteiger partial charge in [-0.1, -0.05) is 28.1 Å². The molecule has 0 spiro atoms. The van der Waals surface area contributed by atoms with Crippen LogP contribution in [0.3, 0.4) is 0 Å². The molecule has 0 amide bonds. The molecule has 0 saturated heterocycles. The number of halogens is 1. The van der Waals surface area contributed by atoms with Gasteiger partial charge in [0.25, 0.3) is 0 Å². The minimum Gasteiger partial charge on any atom is -0.392 e. The predicted molar refractivity (Wildman–Crippen MR) is 67.0 cm³/mol. The Morgan fingerprint density at radius 2 is 2.07 bits per heavy atom. The van der Waals surface area contributed by atoms with E-state index in [1.165, 1.54) is 11.1 Å². The largest absolute Gasteiger partial charge is 0.392 e. The number of aliphatic hydroxyl groups is 1. The van der Waals surface area contributed by atoms with Gasteiger partial charge in [0.1, 0.15) is 0 Å². The SMILES string of the molecule is Cc1cc([C@H](C)NC[C@@H](C)O)ccc1Br. The van der Waals surface area contributed by atoms with Gasteiger partial charge in [-0.2, -0.15) is 0 Å². The highest BCUT2D eigenvalue weighted by Crippen LogP contribution is 2.20. The van der Waals surface area contributed by atoms with E-state index < -0.39 is 0 Å². The fraction of sp³-hybridized carbons (Fsp3) is 0.500. The maximum atomic E-state index is 9.18. The summed E-state index contributed by atoms with van der Waals surface area (Å²) in [6.07, 6.45) is -0.302. The summed E-state index contributed by atoms with van der Waals surface area (Å²) in [5.41, 5.74) is 2.48. The fourth-order valence-corrected chi connectivity index (χ4v) is 1.65. The van der Waals surface area contributed by atoms with Crippen LogP contribution in [-0.2, 0) is 0 Å². The topological polar surface area (TPSA) is 32.3 Å². The van der Waals surface area contributed by atoms with Crippen molar-refractivity contribution in [2.24, 2.45) is 0 Å². The standard InChI is InChI=1S/C12H18BrNO/c1-8-6-11(4-5-12(8)13)10(3)14-7-9(2)15/h4-6,9-10,14-15H,7H2,1-3H3/t9-,10+/m1/s1. The molecule has 0 aliphatic rings. The molecular weight excluding hydrogens is 254 g/mol. The Morgan fingerprint density at radius 3 is 2.60 bits per heavy atom. The molecule has 1 aromatic rings. The van der Waals surface area contributed by atoms with E-state index in [2.05, 4.69) is 53.3 Å². The number of hydrogen-bond donors (Lipinski definition) is 2. The Hall–Kier alpha value is -0.380. The van der Waals surface area contributed by atoms with E-state index in [1.807, 2.05) is 0 Å². The predicted octanol–water partition coefficient (Wildman–Crippen LogP) is 2.79. The molecule has 0 aliphatic carbocycles. The van der Waals surface area contributed by atoms with Gasteiger partial charge in [-0.25, -0.2) is 0 Å². The molecule has 0 aliphatic heterocycles. The first kappa shape index (κ1) is 12.7. The van der Waals surface area contributed by atoms with Gasteiger partial charge in [0.2, 0.25) is 0 Å². The van der Waals surface area contributed by atoms with Gasteiger partial charge in [-0.05, 0) is 38.0 Å². The first-order valence-electron chi connectivity index (χ1n) is 5.18. The lowest BCUT2D eigenvalue weighted by Crippen LogP contribution is -2.27. The van der Waals surface area contributed by atoms with Crippen LogP contribution in [0, 0.1) is 6.92 Å². The average Bonchev–Trinajstić information content (AvgIpc) is 2.18. The highest BCUT2D eigenvalue weighted by Gasteiger charge is 2.06. The number of rotatable bonds is 4. The van der Waals surface area contributed by atoms with Crippen LogP contribution in [0.15, 0.2) is 22.7 Å². The zero-order chi connectivity index (χ0) is 11.4. The van der Waals surface area contributed by atoms with Crippen molar-refractivity contribution in [2.75, 3.05) is 6.54 Å². The van der Waals surface area contributed by atoms with Gasteiger partial charge >= 0.3 is 0 Å². The summed E-state index contributed by atoms with van der Waals surface area (Å²) >= 11 is 3.48. The summed E-state index contributed by atoms with van der Waals surface area (Å²) in [5.74, 6) is 0. The lowest BCUT2D eigenvalue weighted by molar-refractivity contribution is 0.187. The van der Waals surface area contributed by atoms with Gasteiger partial charge in [0, 0.05) is 17.1 Å². The molecule has 84 valence electrons. The van der Waals surface area contributed by atoms with E-state index in [-0.39, 0.29) is 12.1 Å². The van der Waals surface area contributed by atoms with Crippen molar-refractivity contribution in [1.29, 1.82) is 0 Å². The Morgan fingerprint density at radius 1 is 1.40 bits per heavy atom. The Bertz CT molecular complexity index is 325. The Labute approximate surface area is 99.8 Å². The third-order valence-corrected chi connectivity index (χ3v) is 3.29. The normalized spacial score (nSPS) is 15.0. The van der Waals surface area contributed by atoms with Gasteiger partial charge in [0.15, 0.2) is 0 Å². The third kappa shape index (κ3) is 3.93. The van der Waals surface area contributed by atoms with E-state index in [0.717, 1.165) is 4.47 Å². The quantitative estimate of drug-likeness (QED) is 0.883. The molecule has 0 fully saturated rings. The first-order chi connectivity index (χ1) is 7.00. The molecule has 0 heterocycles. The number of aryl methyl sites for hydroxylation is 1. The highest BCUT2D eigenvalue weighted by molar-refractivity contribution is 9.10. The molecule has 3 heteroatoms. The van der Waals surface area contributed by atoms with E-state index in [0.29, 0.717) is 6.54 Å². The second-order valence-electron chi connectivity index (χ2n) is 3.99. The summed E-state index contributed by atoms with van der Waals surface area (Å²) in [6.45, 7) is 6.59. The fourth-order valence-electron chi connectivity index (χ4n) is 1.40. The van der Waals surface area contributed by atoms with Crippen molar-refractivity contribution < 1.29 is 5.11 Å². The first-order valence-corrected chi connectivity index (χ1v) is 5.97. The molecule has 0 unspecified atom stereocenters. The molecule has 0 aromatic heterocycles. The molecule has 0 saturated carbocycles. The van der Waals surface area contributed by atoms with Crippen molar-refractivity contribution in [3.63, 3.8) is 0 Å². The molecule has 1 aromatic carbocycles. The Kier molecular flexibility index (Phi) is 4.77.